The van der Waals surface area contributed by atoms with E-state index < -0.39 is 22.0 Å². The summed E-state index contributed by atoms with van der Waals surface area (Å²) in [4.78, 5) is 12.8. The number of nitrogens with one attached hydrogen (secondary N) is 1. The van der Waals surface area contributed by atoms with E-state index in [4.69, 9.17) is 16.3 Å². The number of benzene rings is 2. The van der Waals surface area contributed by atoms with Crippen LogP contribution in [-0.4, -0.2) is 33.2 Å². The molecule has 0 heterocycles. The average Bonchev–Trinajstić information content (AvgIpc) is 2.61. The highest BCUT2D eigenvalue weighted by atomic mass is 35.5. The smallest absolute Gasteiger partial charge is 0.248 e. The summed E-state index contributed by atoms with van der Waals surface area (Å²) in [6.07, 6.45) is 1.38. The molecule has 1 atom stereocenters. The Kier molecular flexibility index (Phi) is 7.10. The first-order chi connectivity index (χ1) is 12.8. The van der Waals surface area contributed by atoms with Crippen LogP contribution in [0.4, 0.5) is 11.4 Å². The molecule has 2 aromatic rings. The van der Waals surface area contributed by atoms with E-state index in [-0.39, 0.29) is 0 Å². The Morgan fingerprint density at radius 1 is 1.11 bits per heavy atom. The minimum absolute atomic E-state index is 0.304. The Bertz CT molecular complexity index is 868. The molecule has 0 unspecified atom stereocenters. The summed E-state index contributed by atoms with van der Waals surface area (Å²) in [5.41, 5.74) is 0.946. The van der Waals surface area contributed by atoms with Gasteiger partial charge >= 0.3 is 0 Å². The summed E-state index contributed by atoms with van der Waals surface area (Å²) in [5.74, 6) is 0.281. The first-order valence-corrected chi connectivity index (χ1v) is 10.8. The van der Waals surface area contributed by atoms with E-state index >= 15 is 0 Å². The number of hydrogen-bond acceptors (Lipinski definition) is 4. The number of amides is 1. The molecule has 146 valence electrons. The lowest BCUT2D eigenvalue weighted by Crippen LogP contribution is -2.46. The van der Waals surface area contributed by atoms with Crippen molar-refractivity contribution in [1.82, 2.24) is 0 Å². The third-order valence-corrected chi connectivity index (χ3v) is 5.28. The zero-order valence-electron chi connectivity index (χ0n) is 15.5. The van der Waals surface area contributed by atoms with Crippen molar-refractivity contribution >= 4 is 38.9 Å². The van der Waals surface area contributed by atoms with Crippen LogP contribution >= 0.6 is 11.6 Å². The number of halogens is 1. The largest absolute Gasteiger partial charge is 0.494 e. The fourth-order valence-electron chi connectivity index (χ4n) is 2.68. The van der Waals surface area contributed by atoms with E-state index in [2.05, 4.69) is 5.32 Å². The van der Waals surface area contributed by atoms with Gasteiger partial charge in [-0.15, -0.1) is 0 Å². The SMILES string of the molecule is CCOc1ccc(NC(=O)[C@@H](CC)N(c2ccc(Cl)cc2)S(C)(=O)=O)cc1. The van der Waals surface area contributed by atoms with Gasteiger partial charge in [-0.1, -0.05) is 18.5 Å². The lowest BCUT2D eigenvalue weighted by atomic mass is 10.2. The highest BCUT2D eigenvalue weighted by Crippen LogP contribution is 2.25. The second kappa shape index (κ2) is 9.10. The van der Waals surface area contributed by atoms with Gasteiger partial charge in [-0.3, -0.25) is 9.10 Å². The summed E-state index contributed by atoms with van der Waals surface area (Å²) < 4.78 is 31.3. The molecule has 0 fully saturated rings. The minimum atomic E-state index is -3.68. The van der Waals surface area contributed by atoms with Gasteiger partial charge in [-0.2, -0.15) is 0 Å². The van der Waals surface area contributed by atoms with Crippen molar-refractivity contribution in [2.24, 2.45) is 0 Å². The van der Waals surface area contributed by atoms with Gasteiger partial charge < -0.3 is 10.1 Å². The van der Waals surface area contributed by atoms with Crippen molar-refractivity contribution in [3.05, 3.63) is 53.6 Å². The number of carbonyl (C=O) groups is 1. The molecule has 1 N–H and O–H groups in total. The van der Waals surface area contributed by atoms with E-state index in [1.165, 1.54) is 0 Å². The predicted octanol–water partition coefficient (Wildman–Crippen LogP) is 3.92. The van der Waals surface area contributed by atoms with Crippen molar-refractivity contribution in [3.63, 3.8) is 0 Å². The third kappa shape index (κ3) is 5.61. The molecule has 0 aliphatic heterocycles. The standard InChI is InChI=1S/C19H23ClN2O4S/c1-4-18(19(23)21-15-8-12-17(13-9-15)26-5-2)22(27(3,24)25)16-10-6-14(20)7-11-16/h6-13,18H,4-5H2,1-3H3,(H,21,23)/t18-/m1/s1. The van der Waals surface area contributed by atoms with E-state index in [1.54, 1.807) is 55.5 Å². The Hall–Kier alpha value is -2.25. The molecular weight excluding hydrogens is 388 g/mol. The fraction of sp³-hybridized carbons (Fsp3) is 0.316. The van der Waals surface area contributed by atoms with Crippen LogP contribution in [0.5, 0.6) is 5.75 Å². The number of hydrogen-bond donors (Lipinski definition) is 1. The van der Waals surface area contributed by atoms with E-state index in [0.29, 0.717) is 35.2 Å². The fourth-order valence-corrected chi connectivity index (χ4v) is 4.01. The van der Waals surface area contributed by atoms with Crippen LogP contribution in [-0.2, 0) is 14.8 Å². The lowest BCUT2D eigenvalue weighted by Gasteiger charge is -2.30. The summed E-state index contributed by atoms with van der Waals surface area (Å²) in [6.45, 7) is 4.20. The highest BCUT2D eigenvalue weighted by Gasteiger charge is 2.31. The van der Waals surface area contributed by atoms with Gasteiger partial charge in [-0.25, -0.2) is 8.42 Å². The van der Waals surface area contributed by atoms with Crippen LogP contribution < -0.4 is 14.4 Å². The van der Waals surface area contributed by atoms with Crippen molar-refractivity contribution < 1.29 is 17.9 Å². The van der Waals surface area contributed by atoms with Gasteiger partial charge in [-0.05, 0) is 61.9 Å². The zero-order chi connectivity index (χ0) is 20.0. The molecule has 0 aliphatic rings. The van der Waals surface area contributed by atoms with Gasteiger partial charge in [0.05, 0.1) is 18.6 Å². The molecule has 6 nitrogen and oxygen atoms in total. The maximum absolute atomic E-state index is 12.8. The van der Waals surface area contributed by atoms with Crippen LogP contribution in [0.25, 0.3) is 0 Å². The Morgan fingerprint density at radius 3 is 2.19 bits per heavy atom. The zero-order valence-corrected chi connectivity index (χ0v) is 17.0. The monoisotopic (exact) mass is 410 g/mol. The van der Waals surface area contributed by atoms with Crippen LogP contribution in [0, 0.1) is 0 Å². The second-order valence-electron chi connectivity index (χ2n) is 5.91. The van der Waals surface area contributed by atoms with E-state index in [1.807, 2.05) is 6.92 Å². The van der Waals surface area contributed by atoms with Gasteiger partial charge in [0.15, 0.2) is 0 Å². The molecule has 2 rings (SSSR count). The summed E-state index contributed by atoms with van der Waals surface area (Å²) in [7, 11) is -3.68. The maximum Gasteiger partial charge on any atom is 0.248 e. The molecule has 0 spiro atoms. The molecule has 0 saturated heterocycles. The van der Waals surface area contributed by atoms with Crippen molar-refractivity contribution in [1.29, 1.82) is 0 Å². The highest BCUT2D eigenvalue weighted by molar-refractivity contribution is 7.92. The summed E-state index contributed by atoms with van der Waals surface area (Å²) >= 11 is 5.89. The van der Waals surface area contributed by atoms with Gasteiger partial charge in [0.1, 0.15) is 11.8 Å². The number of sulfonamides is 1. The quantitative estimate of drug-likeness (QED) is 0.715. The van der Waals surface area contributed by atoms with E-state index in [9.17, 15) is 13.2 Å². The molecule has 0 saturated carbocycles. The van der Waals surface area contributed by atoms with Crippen molar-refractivity contribution in [3.8, 4) is 5.75 Å². The van der Waals surface area contributed by atoms with Crippen LogP contribution in [0.2, 0.25) is 5.02 Å². The van der Waals surface area contributed by atoms with Gasteiger partial charge in [0.25, 0.3) is 0 Å². The molecule has 8 heteroatoms. The molecule has 27 heavy (non-hydrogen) atoms. The molecule has 0 radical (unpaired) electrons. The number of carbonyl (C=O) groups excluding carboxylic acids is 1. The van der Waals surface area contributed by atoms with Crippen LogP contribution in [0.3, 0.4) is 0 Å². The maximum atomic E-state index is 12.8. The second-order valence-corrected chi connectivity index (χ2v) is 8.20. The van der Waals surface area contributed by atoms with Crippen LogP contribution in [0.1, 0.15) is 20.3 Å². The van der Waals surface area contributed by atoms with Gasteiger partial charge in [0.2, 0.25) is 15.9 Å². The average molecular weight is 411 g/mol. The van der Waals surface area contributed by atoms with Crippen molar-refractivity contribution in [2.45, 2.75) is 26.3 Å². The summed E-state index contributed by atoms with van der Waals surface area (Å²) in [5, 5.41) is 3.25. The van der Waals surface area contributed by atoms with Crippen LogP contribution in [0.15, 0.2) is 48.5 Å². The predicted molar refractivity (Wildman–Crippen MR) is 109 cm³/mol. The topological polar surface area (TPSA) is 75.7 Å². The van der Waals surface area contributed by atoms with E-state index in [0.717, 1.165) is 10.6 Å². The first kappa shape index (κ1) is 21.1. The molecule has 1 amide bonds. The number of rotatable bonds is 8. The molecule has 0 aromatic heterocycles. The van der Waals surface area contributed by atoms with Crippen molar-refractivity contribution in [2.75, 3.05) is 22.5 Å². The molecular formula is C19H23ClN2O4S. The number of ether oxygens (including phenoxy) is 1. The van der Waals surface area contributed by atoms with Gasteiger partial charge in [0, 0.05) is 10.7 Å². The normalized spacial score (nSPS) is 12.3. The first-order valence-electron chi connectivity index (χ1n) is 8.55. The lowest BCUT2D eigenvalue weighted by molar-refractivity contribution is -0.117. The third-order valence-electron chi connectivity index (χ3n) is 3.84. The summed E-state index contributed by atoms with van der Waals surface area (Å²) in [6, 6.07) is 12.4. The number of nitrogens with zero attached hydrogens (tertiary/aromatic N) is 1. The molecule has 0 aliphatic carbocycles. The minimum Gasteiger partial charge on any atom is -0.494 e. The Labute approximate surface area is 165 Å². The molecule has 2 aromatic carbocycles. The Balaban J connectivity index is 2.27. The number of anilines is 2. The Morgan fingerprint density at radius 2 is 1.70 bits per heavy atom. The molecule has 0 bridgehead atoms.